The van der Waals surface area contributed by atoms with Crippen LogP contribution in [-0.4, -0.2) is 40.3 Å². The Bertz CT molecular complexity index is 1420. The minimum Gasteiger partial charge on any atom is -0.444 e. The van der Waals surface area contributed by atoms with E-state index in [4.69, 9.17) is 4.74 Å². The summed E-state index contributed by atoms with van der Waals surface area (Å²) in [5.41, 5.74) is 0.00440. The third-order valence-corrected chi connectivity index (χ3v) is 8.53. The Balaban J connectivity index is 1.96. The number of fused-ring (bicyclic) bond motifs is 1. The molecule has 0 bridgehead atoms. The van der Waals surface area contributed by atoms with E-state index in [-0.39, 0.29) is 17.5 Å². The number of benzene rings is 1. The van der Waals surface area contributed by atoms with E-state index < -0.39 is 38.3 Å². The van der Waals surface area contributed by atoms with Crippen LogP contribution < -0.4 is 0 Å². The molecule has 0 saturated heterocycles. The van der Waals surface area contributed by atoms with Gasteiger partial charge in [0.1, 0.15) is 22.2 Å². The lowest BCUT2D eigenvalue weighted by Gasteiger charge is -2.35. The summed E-state index contributed by atoms with van der Waals surface area (Å²) in [7, 11) is -4.21. The number of halogens is 1. The molecule has 0 saturated carbocycles. The van der Waals surface area contributed by atoms with E-state index in [9.17, 15) is 22.9 Å². The van der Waals surface area contributed by atoms with Crippen LogP contribution in [0.2, 0.25) is 0 Å². The monoisotopic (exact) mass is 497 g/mol. The van der Waals surface area contributed by atoms with Crippen molar-refractivity contribution >= 4 is 27.0 Å². The number of carbonyl (C=O) groups is 1. The summed E-state index contributed by atoms with van der Waals surface area (Å²) >= 11 is 0. The SMILES string of the molecule is CC(C)(C)OC(=O)N1CCC=CC1c1cc2cccc(C#N)c2n1S(=O)(=O)C1(C)C=CC(F)=CC1. The summed E-state index contributed by atoms with van der Waals surface area (Å²) in [4.78, 5) is 14.6. The minimum atomic E-state index is -4.21. The lowest BCUT2D eigenvalue weighted by atomic mass is 10.0. The molecule has 0 radical (unpaired) electrons. The first-order chi connectivity index (χ1) is 16.4. The largest absolute Gasteiger partial charge is 0.444 e. The van der Waals surface area contributed by atoms with Gasteiger partial charge in [0.05, 0.1) is 22.8 Å². The summed E-state index contributed by atoms with van der Waals surface area (Å²) in [6.45, 7) is 7.16. The van der Waals surface area contributed by atoms with Crippen LogP contribution in [0.15, 0.2) is 60.5 Å². The van der Waals surface area contributed by atoms with E-state index >= 15 is 0 Å². The molecule has 1 aromatic carbocycles. The normalized spacial score (nSPS) is 22.7. The smallest absolute Gasteiger partial charge is 0.411 e. The van der Waals surface area contributed by atoms with Gasteiger partial charge in [0, 0.05) is 11.9 Å². The highest BCUT2D eigenvalue weighted by Crippen LogP contribution is 2.39. The number of nitrogens with zero attached hydrogens (tertiary/aromatic N) is 3. The van der Waals surface area contributed by atoms with Gasteiger partial charge in [0.2, 0.25) is 10.0 Å². The molecule has 1 aromatic heterocycles. The number of hydrogen-bond acceptors (Lipinski definition) is 5. The number of rotatable bonds is 3. The van der Waals surface area contributed by atoms with E-state index in [0.717, 1.165) is 6.08 Å². The molecule has 0 spiro atoms. The van der Waals surface area contributed by atoms with Gasteiger partial charge in [-0.15, -0.1) is 0 Å². The zero-order chi connectivity index (χ0) is 25.6. The van der Waals surface area contributed by atoms with Crippen molar-refractivity contribution in [3.8, 4) is 6.07 Å². The van der Waals surface area contributed by atoms with Crippen LogP contribution in [0, 0.1) is 11.3 Å². The second kappa shape index (κ2) is 8.68. The molecule has 2 aliphatic rings. The van der Waals surface area contributed by atoms with Crippen LogP contribution in [0.25, 0.3) is 10.9 Å². The Labute approximate surface area is 204 Å². The van der Waals surface area contributed by atoms with Crippen molar-refractivity contribution in [1.29, 1.82) is 5.26 Å². The molecule has 2 atom stereocenters. The highest BCUT2D eigenvalue weighted by Gasteiger charge is 2.43. The molecule has 35 heavy (non-hydrogen) atoms. The fraction of sp³-hybridized carbons (Fsp3) is 0.385. The first kappa shape index (κ1) is 24.7. The van der Waals surface area contributed by atoms with Gasteiger partial charge >= 0.3 is 6.09 Å². The van der Waals surface area contributed by atoms with Crippen molar-refractivity contribution in [2.75, 3.05) is 6.54 Å². The number of amides is 1. The van der Waals surface area contributed by atoms with Crippen molar-refractivity contribution in [1.82, 2.24) is 8.87 Å². The van der Waals surface area contributed by atoms with Crippen LogP contribution in [0.5, 0.6) is 0 Å². The Hall–Kier alpha value is -3.38. The van der Waals surface area contributed by atoms with Crippen LogP contribution in [0.1, 0.15) is 57.8 Å². The molecule has 0 fully saturated rings. The molecular formula is C26H28FN3O4S. The maximum Gasteiger partial charge on any atom is 0.411 e. The molecule has 4 rings (SSSR count). The van der Waals surface area contributed by atoms with Crippen molar-refractivity contribution < 1.29 is 22.3 Å². The van der Waals surface area contributed by atoms with Gasteiger partial charge in [-0.25, -0.2) is 21.6 Å². The maximum atomic E-state index is 14.2. The van der Waals surface area contributed by atoms with Crippen LogP contribution in [-0.2, 0) is 14.8 Å². The van der Waals surface area contributed by atoms with Crippen LogP contribution >= 0.6 is 0 Å². The van der Waals surface area contributed by atoms with Gasteiger partial charge < -0.3 is 4.74 Å². The highest BCUT2D eigenvalue weighted by atomic mass is 32.2. The third-order valence-electron chi connectivity index (χ3n) is 6.18. The second-order valence-corrected chi connectivity index (χ2v) is 12.2. The van der Waals surface area contributed by atoms with E-state index in [1.807, 2.05) is 6.08 Å². The minimum absolute atomic E-state index is 0.0677. The van der Waals surface area contributed by atoms with Gasteiger partial charge in [-0.3, -0.25) is 4.90 Å². The highest BCUT2D eigenvalue weighted by molar-refractivity contribution is 7.91. The van der Waals surface area contributed by atoms with Gasteiger partial charge in [0.25, 0.3) is 0 Å². The Morgan fingerprint density at radius 1 is 1.31 bits per heavy atom. The first-order valence-corrected chi connectivity index (χ1v) is 12.8. The Morgan fingerprint density at radius 3 is 2.69 bits per heavy atom. The summed E-state index contributed by atoms with van der Waals surface area (Å²) in [6, 6.07) is 8.01. The molecule has 9 heteroatoms. The van der Waals surface area contributed by atoms with Gasteiger partial charge in [-0.2, -0.15) is 5.26 Å². The molecule has 2 heterocycles. The molecule has 7 nitrogen and oxygen atoms in total. The number of hydrogen-bond donors (Lipinski definition) is 0. The maximum absolute atomic E-state index is 14.2. The van der Waals surface area contributed by atoms with Crippen molar-refractivity contribution in [3.05, 3.63) is 71.7 Å². The molecule has 0 N–H and O–H groups in total. The van der Waals surface area contributed by atoms with E-state index in [2.05, 4.69) is 6.07 Å². The van der Waals surface area contributed by atoms with Gasteiger partial charge in [0.15, 0.2) is 0 Å². The molecule has 1 aliphatic heterocycles. The van der Waals surface area contributed by atoms with Crippen molar-refractivity contribution in [3.63, 3.8) is 0 Å². The molecule has 1 amide bonds. The van der Waals surface area contributed by atoms with Gasteiger partial charge in [-0.05, 0) is 64.8 Å². The fourth-order valence-corrected chi connectivity index (χ4v) is 6.20. The number of ether oxygens (including phenoxy) is 1. The van der Waals surface area contributed by atoms with Gasteiger partial charge in [-0.1, -0.05) is 30.4 Å². The molecule has 184 valence electrons. The van der Waals surface area contributed by atoms with E-state index in [1.165, 1.54) is 27.9 Å². The molecule has 2 unspecified atom stereocenters. The lowest BCUT2D eigenvalue weighted by molar-refractivity contribution is 0.0186. The first-order valence-electron chi connectivity index (χ1n) is 11.4. The molecule has 1 aliphatic carbocycles. The number of aromatic nitrogens is 1. The number of carbonyl (C=O) groups excluding carboxylic acids is 1. The zero-order valence-corrected chi connectivity index (χ0v) is 21.0. The van der Waals surface area contributed by atoms with Crippen LogP contribution in [0.4, 0.5) is 9.18 Å². The fourth-order valence-electron chi connectivity index (χ4n) is 4.36. The number of allylic oxidation sites excluding steroid dienone is 3. The summed E-state index contributed by atoms with van der Waals surface area (Å²) in [5.74, 6) is -0.501. The van der Waals surface area contributed by atoms with Crippen LogP contribution in [0.3, 0.4) is 0 Å². The van der Waals surface area contributed by atoms with Crippen molar-refractivity contribution in [2.45, 2.75) is 56.9 Å². The third kappa shape index (κ3) is 4.39. The summed E-state index contributed by atoms with van der Waals surface area (Å²) < 4.78 is 47.5. The standard InChI is InChI=1S/C26H28FN3O4S/c1-25(2,3)34-24(31)29-15-6-5-10-21(29)22-16-18-8-7-9-19(17-28)23(18)30(22)35(32,33)26(4)13-11-20(27)12-14-26/h5,7-13,16,21H,6,14-15H2,1-4H3. The average Bonchev–Trinajstić information content (AvgIpc) is 3.20. The van der Waals surface area contributed by atoms with E-state index in [0.29, 0.717) is 24.0 Å². The zero-order valence-electron chi connectivity index (χ0n) is 20.2. The predicted octanol–water partition coefficient (Wildman–Crippen LogP) is 5.50. The predicted molar refractivity (Wildman–Crippen MR) is 132 cm³/mol. The Morgan fingerprint density at radius 2 is 2.06 bits per heavy atom. The lowest BCUT2D eigenvalue weighted by Crippen LogP contribution is -2.43. The quantitative estimate of drug-likeness (QED) is 0.522. The topological polar surface area (TPSA) is 92.4 Å². The number of nitriles is 1. The Kier molecular flexibility index (Phi) is 6.14. The summed E-state index contributed by atoms with van der Waals surface area (Å²) in [6.07, 6.45) is 7.36. The van der Waals surface area contributed by atoms with Crippen molar-refractivity contribution in [2.24, 2.45) is 0 Å². The second-order valence-electron chi connectivity index (χ2n) is 9.97. The summed E-state index contributed by atoms with van der Waals surface area (Å²) in [5, 5.41) is 10.3. The average molecular weight is 498 g/mol. The molecule has 2 aromatic rings. The number of para-hydroxylation sites is 1. The van der Waals surface area contributed by atoms with E-state index in [1.54, 1.807) is 51.1 Å². The molecular weight excluding hydrogens is 469 g/mol.